The minimum Gasteiger partial charge on any atom is -0.480 e. The molecule has 0 saturated carbocycles. The van der Waals surface area contributed by atoms with E-state index in [4.69, 9.17) is 23.1 Å². The Labute approximate surface area is 80.4 Å². The maximum atomic E-state index is 10.4. The molecule has 0 radical (unpaired) electrons. The van der Waals surface area contributed by atoms with Gasteiger partial charge in [0.1, 0.15) is 6.04 Å². The average Bonchev–Trinajstić information content (AvgIpc) is 2.36. The molecule has 0 aliphatic carbocycles. The molecule has 0 unspecified atom stereocenters. The van der Waals surface area contributed by atoms with Crippen molar-refractivity contribution in [3.05, 3.63) is 17.2 Å². The van der Waals surface area contributed by atoms with Crippen LogP contribution in [0.4, 0.5) is 0 Å². The summed E-state index contributed by atoms with van der Waals surface area (Å²) < 4.78 is 3.93. The first-order valence-corrected chi connectivity index (χ1v) is 4.13. The molecule has 6 heteroatoms. The molecule has 0 bridgehead atoms. The number of nitrogens with two attached hydrogens (primary N) is 1. The zero-order valence-corrected chi connectivity index (χ0v) is 7.99. The monoisotopic (exact) mass is 201 g/mol. The van der Waals surface area contributed by atoms with Crippen molar-refractivity contribution in [2.75, 3.05) is 0 Å². The van der Waals surface area contributed by atoms with Crippen molar-refractivity contribution in [1.29, 1.82) is 0 Å². The summed E-state index contributed by atoms with van der Waals surface area (Å²) >= 11 is 5.01. The van der Waals surface area contributed by atoms with Crippen LogP contribution in [0.3, 0.4) is 0 Å². The third-order valence-electron chi connectivity index (χ3n) is 1.73. The lowest BCUT2D eigenvalue weighted by Crippen LogP contribution is -2.34. The van der Waals surface area contributed by atoms with Gasteiger partial charge in [-0.1, -0.05) is 0 Å². The summed E-state index contributed by atoms with van der Waals surface area (Å²) in [5, 5.41) is 8.56. The topological polar surface area (TPSA) is 73.2 Å². The van der Waals surface area contributed by atoms with E-state index in [0.717, 1.165) is 0 Å². The van der Waals surface area contributed by atoms with E-state index in [0.29, 0.717) is 4.77 Å². The van der Waals surface area contributed by atoms with E-state index >= 15 is 0 Å². The summed E-state index contributed by atoms with van der Waals surface area (Å²) in [6.45, 7) is 0.203. The molecule has 72 valence electrons. The molecular formula is C7H11N3O2S. The second-order valence-corrected chi connectivity index (χ2v) is 3.15. The number of hydrogen-bond acceptors (Lipinski definition) is 3. The molecule has 1 rings (SSSR count). The van der Waals surface area contributed by atoms with E-state index in [-0.39, 0.29) is 6.54 Å². The van der Waals surface area contributed by atoms with Crippen LogP contribution < -0.4 is 5.73 Å². The average molecular weight is 201 g/mol. The van der Waals surface area contributed by atoms with Crippen LogP contribution in [0.15, 0.2) is 12.4 Å². The second-order valence-electron chi connectivity index (χ2n) is 2.79. The van der Waals surface area contributed by atoms with E-state index in [1.807, 2.05) is 0 Å². The molecule has 0 aliphatic rings. The van der Waals surface area contributed by atoms with E-state index < -0.39 is 12.0 Å². The standard InChI is InChI=1S/C7H11N3O2S/c1-9-2-3-10(7(9)13)4-5(8)6(11)12/h2-3,5H,4,8H2,1H3,(H,11,12)/t5-/m0/s1. The third kappa shape index (κ3) is 2.16. The van der Waals surface area contributed by atoms with Crippen molar-refractivity contribution in [1.82, 2.24) is 9.13 Å². The van der Waals surface area contributed by atoms with Crippen LogP contribution in [0.2, 0.25) is 0 Å². The fourth-order valence-electron chi connectivity index (χ4n) is 0.940. The van der Waals surface area contributed by atoms with Gasteiger partial charge in [0, 0.05) is 19.4 Å². The van der Waals surface area contributed by atoms with Crippen LogP contribution >= 0.6 is 12.2 Å². The molecule has 1 heterocycles. The number of aliphatic carboxylic acids is 1. The first-order valence-electron chi connectivity index (χ1n) is 3.72. The van der Waals surface area contributed by atoms with E-state index in [1.54, 1.807) is 28.6 Å². The lowest BCUT2D eigenvalue weighted by atomic mass is 10.3. The number of nitrogens with zero attached hydrogens (tertiary/aromatic N) is 2. The first-order chi connectivity index (χ1) is 6.02. The van der Waals surface area contributed by atoms with E-state index in [9.17, 15) is 4.79 Å². The smallest absolute Gasteiger partial charge is 0.322 e. The number of aromatic nitrogens is 2. The maximum Gasteiger partial charge on any atom is 0.322 e. The van der Waals surface area contributed by atoms with Crippen molar-refractivity contribution >= 4 is 18.2 Å². The maximum absolute atomic E-state index is 10.4. The summed E-state index contributed by atoms with van der Waals surface area (Å²) in [6, 6.07) is -0.908. The van der Waals surface area contributed by atoms with E-state index in [2.05, 4.69) is 0 Å². The van der Waals surface area contributed by atoms with Crippen LogP contribution in [0.1, 0.15) is 0 Å². The Balaban J connectivity index is 2.81. The van der Waals surface area contributed by atoms with Crippen molar-refractivity contribution in [2.45, 2.75) is 12.6 Å². The molecule has 1 aromatic heterocycles. The predicted octanol–water partition coefficient (Wildman–Crippen LogP) is -0.0320. The largest absolute Gasteiger partial charge is 0.480 e. The van der Waals surface area contributed by atoms with E-state index in [1.165, 1.54) is 0 Å². The van der Waals surface area contributed by atoms with Crippen LogP contribution in [0.25, 0.3) is 0 Å². The lowest BCUT2D eigenvalue weighted by Gasteiger charge is -2.06. The van der Waals surface area contributed by atoms with Crippen molar-refractivity contribution in [3.63, 3.8) is 0 Å². The fraction of sp³-hybridized carbons (Fsp3) is 0.429. The zero-order valence-electron chi connectivity index (χ0n) is 7.17. The van der Waals surface area contributed by atoms with Gasteiger partial charge in [-0.15, -0.1) is 0 Å². The molecule has 0 saturated heterocycles. The Morgan fingerprint density at radius 3 is 2.77 bits per heavy atom. The van der Waals surface area contributed by atoms with Gasteiger partial charge in [0.05, 0.1) is 6.54 Å². The molecule has 13 heavy (non-hydrogen) atoms. The Hall–Kier alpha value is -1.14. The Kier molecular flexibility index (Phi) is 2.84. The number of imidazole rings is 1. The predicted molar refractivity (Wildman–Crippen MR) is 49.8 cm³/mol. The van der Waals surface area contributed by atoms with Crippen LogP contribution in [0, 0.1) is 4.77 Å². The SMILES string of the molecule is Cn1ccn(C[C@H](N)C(=O)O)c1=S. The summed E-state index contributed by atoms with van der Waals surface area (Å²) in [4.78, 5) is 10.4. The van der Waals surface area contributed by atoms with Crippen molar-refractivity contribution < 1.29 is 9.90 Å². The molecule has 1 atom stereocenters. The second kappa shape index (κ2) is 3.71. The van der Waals surface area contributed by atoms with Crippen LogP contribution in [-0.2, 0) is 18.4 Å². The van der Waals surface area contributed by atoms with Gasteiger partial charge in [-0.25, -0.2) is 0 Å². The molecule has 0 amide bonds. The van der Waals surface area contributed by atoms with Gasteiger partial charge in [0.2, 0.25) is 0 Å². The summed E-state index contributed by atoms with van der Waals surface area (Å²) in [5.41, 5.74) is 5.35. The zero-order chi connectivity index (χ0) is 10.0. The quantitative estimate of drug-likeness (QED) is 0.673. The van der Waals surface area contributed by atoms with Gasteiger partial charge in [-0.2, -0.15) is 0 Å². The van der Waals surface area contributed by atoms with Crippen molar-refractivity contribution in [2.24, 2.45) is 12.8 Å². The lowest BCUT2D eigenvalue weighted by molar-refractivity contribution is -0.138. The fourth-order valence-corrected chi connectivity index (χ4v) is 1.14. The molecule has 0 aliphatic heterocycles. The molecule has 5 nitrogen and oxygen atoms in total. The number of rotatable bonds is 3. The minimum absolute atomic E-state index is 0.203. The van der Waals surface area contributed by atoms with Gasteiger partial charge >= 0.3 is 5.97 Å². The normalized spacial score (nSPS) is 12.8. The highest BCUT2D eigenvalue weighted by molar-refractivity contribution is 7.71. The molecule has 0 aromatic carbocycles. The van der Waals surface area contributed by atoms with Gasteiger partial charge in [-0.3, -0.25) is 4.79 Å². The number of carbonyl (C=O) groups is 1. The molecule has 3 N–H and O–H groups in total. The number of carboxylic acid groups (broad SMARTS) is 1. The highest BCUT2D eigenvalue weighted by Gasteiger charge is 2.12. The Morgan fingerprint density at radius 2 is 2.38 bits per heavy atom. The summed E-state index contributed by atoms with van der Waals surface area (Å²) in [6.07, 6.45) is 3.47. The van der Waals surface area contributed by atoms with Crippen LogP contribution in [-0.4, -0.2) is 26.3 Å². The van der Waals surface area contributed by atoms with Gasteiger partial charge < -0.3 is 20.0 Å². The summed E-state index contributed by atoms with van der Waals surface area (Å²) in [7, 11) is 1.80. The highest BCUT2D eigenvalue weighted by Crippen LogP contribution is 1.96. The molecule has 0 fully saturated rings. The Morgan fingerprint density at radius 1 is 1.77 bits per heavy atom. The summed E-state index contributed by atoms with van der Waals surface area (Å²) in [5.74, 6) is -1.02. The molecule has 0 spiro atoms. The molecule has 1 aromatic rings. The van der Waals surface area contributed by atoms with Crippen molar-refractivity contribution in [3.8, 4) is 0 Å². The first kappa shape index (κ1) is 9.94. The Bertz CT molecular complexity index is 368. The van der Waals surface area contributed by atoms with Gasteiger partial charge in [0.15, 0.2) is 4.77 Å². The van der Waals surface area contributed by atoms with Crippen LogP contribution in [0.5, 0.6) is 0 Å². The third-order valence-corrected chi connectivity index (χ3v) is 2.25. The molecular weight excluding hydrogens is 190 g/mol. The van der Waals surface area contributed by atoms with Gasteiger partial charge in [-0.05, 0) is 12.2 Å². The number of carboxylic acids is 1. The van der Waals surface area contributed by atoms with Gasteiger partial charge in [0.25, 0.3) is 0 Å². The number of hydrogen-bond donors (Lipinski definition) is 2. The highest BCUT2D eigenvalue weighted by atomic mass is 32.1. The number of aryl methyl sites for hydroxylation is 1. The minimum atomic E-state index is -1.02.